The maximum atomic E-state index is 11.3. The number of aldehydes is 1. The summed E-state index contributed by atoms with van der Waals surface area (Å²) >= 11 is 1.53. The van der Waals surface area contributed by atoms with Gasteiger partial charge in [-0.25, -0.2) is 4.98 Å². The van der Waals surface area contributed by atoms with Crippen molar-refractivity contribution in [2.75, 3.05) is 31.1 Å². The third-order valence-corrected chi connectivity index (χ3v) is 5.00. The van der Waals surface area contributed by atoms with Gasteiger partial charge in [-0.1, -0.05) is 32.1 Å². The van der Waals surface area contributed by atoms with Gasteiger partial charge in [-0.2, -0.15) is 0 Å². The van der Waals surface area contributed by atoms with E-state index in [9.17, 15) is 4.79 Å². The Bertz CT molecular complexity index is 503. The van der Waals surface area contributed by atoms with E-state index in [1.54, 1.807) is 0 Å². The van der Waals surface area contributed by atoms with Crippen molar-refractivity contribution in [2.45, 2.75) is 52.5 Å². The fraction of sp³-hybridized carbons (Fsp3) is 0.750. The second-order valence-corrected chi connectivity index (χ2v) is 8.73. The maximum Gasteiger partial charge on any atom is 0.186 e. The molecule has 1 aromatic rings. The molecule has 5 heteroatoms. The van der Waals surface area contributed by atoms with Crippen LogP contribution in [-0.4, -0.2) is 47.9 Å². The Hall–Kier alpha value is -0.940. The van der Waals surface area contributed by atoms with Gasteiger partial charge in [-0.05, 0) is 20.8 Å². The minimum atomic E-state index is -0.0851. The maximum absolute atomic E-state index is 11.3. The predicted molar refractivity (Wildman–Crippen MR) is 89.7 cm³/mol. The van der Waals surface area contributed by atoms with Crippen molar-refractivity contribution in [3.63, 3.8) is 0 Å². The van der Waals surface area contributed by atoms with E-state index < -0.39 is 0 Å². The summed E-state index contributed by atoms with van der Waals surface area (Å²) in [6.45, 7) is 17.1. The molecule has 0 amide bonds. The van der Waals surface area contributed by atoms with Crippen LogP contribution < -0.4 is 4.90 Å². The van der Waals surface area contributed by atoms with Crippen LogP contribution in [0.4, 0.5) is 5.13 Å². The molecule has 118 valence electrons. The highest BCUT2D eigenvalue weighted by Crippen LogP contribution is 2.33. The Labute approximate surface area is 132 Å². The number of carbonyl (C=O) groups excluding carboxylic acids is 1. The van der Waals surface area contributed by atoms with Gasteiger partial charge in [0.1, 0.15) is 0 Å². The van der Waals surface area contributed by atoms with E-state index in [4.69, 9.17) is 4.98 Å². The first kappa shape index (κ1) is 16.4. The minimum absolute atomic E-state index is 0.0851. The SMILES string of the molecule is CC(C)(C)c1nc(N2CCN(C(C)(C)C)CC2)sc1C=O. The second-order valence-electron chi connectivity index (χ2n) is 7.72. The van der Waals surface area contributed by atoms with Gasteiger partial charge in [0.25, 0.3) is 0 Å². The number of rotatable bonds is 2. The molecular weight excluding hydrogens is 282 g/mol. The molecule has 1 aliphatic heterocycles. The number of carbonyl (C=O) groups is 1. The average molecular weight is 309 g/mol. The Kier molecular flexibility index (Phi) is 4.45. The zero-order valence-corrected chi connectivity index (χ0v) is 14.9. The Balaban J connectivity index is 2.14. The fourth-order valence-electron chi connectivity index (χ4n) is 2.64. The van der Waals surface area contributed by atoms with E-state index in [1.165, 1.54) is 11.3 Å². The van der Waals surface area contributed by atoms with Crippen molar-refractivity contribution in [3.05, 3.63) is 10.6 Å². The lowest BCUT2D eigenvalue weighted by Gasteiger charge is -2.42. The zero-order valence-electron chi connectivity index (χ0n) is 14.1. The van der Waals surface area contributed by atoms with Crippen molar-refractivity contribution in [2.24, 2.45) is 0 Å². The summed E-state index contributed by atoms with van der Waals surface area (Å²) in [6, 6.07) is 0. The van der Waals surface area contributed by atoms with Gasteiger partial charge in [0.05, 0.1) is 10.6 Å². The van der Waals surface area contributed by atoms with E-state index in [0.29, 0.717) is 0 Å². The number of hydrogen-bond donors (Lipinski definition) is 0. The van der Waals surface area contributed by atoms with Gasteiger partial charge >= 0.3 is 0 Å². The lowest BCUT2D eigenvalue weighted by molar-refractivity contribution is 0.112. The van der Waals surface area contributed by atoms with Crippen molar-refractivity contribution < 1.29 is 4.79 Å². The Morgan fingerprint density at radius 2 is 1.62 bits per heavy atom. The molecule has 0 saturated carbocycles. The molecule has 4 nitrogen and oxygen atoms in total. The van der Waals surface area contributed by atoms with Crippen molar-refractivity contribution >= 4 is 22.8 Å². The molecule has 1 aliphatic rings. The molecule has 1 saturated heterocycles. The van der Waals surface area contributed by atoms with Crippen LogP contribution in [0.1, 0.15) is 56.9 Å². The molecule has 0 spiro atoms. The molecule has 21 heavy (non-hydrogen) atoms. The molecule has 0 bridgehead atoms. The number of nitrogens with zero attached hydrogens (tertiary/aromatic N) is 3. The van der Waals surface area contributed by atoms with Crippen LogP contribution in [0.3, 0.4) is 0 Å². The van der Waals surface area contributed by atoms with Crippen LogP contribution in [0, 0.1) is 0 Å². The number of hydrogen-bond acceptors (Lipinski definition) is 5. The van der Waals surface area contributed by atoms with Crippen molar-refractivity contribution in [1.82, 2.24) is 9.88 Å². The third-order valence-electron chi connectivity index (χ3n) is 3.96. The summed E-state index contributed by atoms with van der Waals surface area (Å²) in [7, 11) is 0. The van der Waals surface area contributed by atoms with Gasteiger partial charge in [-0.3, -0.25) is 9.69 Å². The molecule has 0 radical (unpaired) electrons. The second kappa shape index (κ2) is 5.69. The van der Waals surface area contributed by atoms with Crippen LogP contribution >= 0.6 is 11.3 Å². The first-order chi connectivity index (χ1) is 9.63. The molecule has 0 aromatic carbocycles. The molecular formula is C16H27N3OS. The Morgan fingerprint density at radius 3 is 2.00 bits per heavy atom. The fourth-order valence-corrected chi connectivity index (χ4v) is 3.78. The summed E-state index contributed by atoms with van der Waals surface area (Å²) in [5.74, 6) is 0. The quantitative estimate of drug-likeness (QED) is 0.786. The average Bonchev–Trinajstić information content (AvgIpc) is 2.82. The van der Waals surface area contributed by atoms with Crippen LogP contribution in [-0.2, 0) is 5.41 Å². The normalized spacial score (nSPS) is 18.1. The number of aromatic nitrogens is 1. The van der Waals surface area contributed by atoms with Gasteiger partial charge < -0.3 is 4.90 Å². The summed E-state index contributed by atoms with van der Waals surface area (Å²) in [4.78, 5) is 21.6. The van der Waals surface area contributed by atoms with Crippen LogP contribution in [0.25, 0.3) is 0 Å². The highest BCUT2D eigenvalue weighted by Gasteiger charge is 2.29. The van der Waals surface area contributed by atoms with E-state index >= 15 is 0 Å². The molecule has 0 unspecified atom stereocenters. The summed E-state index contributed by atoms with van der Waals surface area (Å²) < 4.78 is 0. The lowest BCUT2D eigenvalue weighted by atomic mass is 9.91. The van der Waals surface area contributed by atoms with Crippen molar-refractivity contribution in [1.29, 1.82) is 0 Å². The number of thiazole rings is 1. The monoisotopic (exact) mass is 309 g/mol. The van der Waals surface area contributed by atoms with Crippen molar-refractivity contribution in [3.8, 4) is 0 Å². The molecule has 0 atom stereocenters. The van der Waals surface area contributed by atoms with Gasteiger partial charge in [-0.15, -0.1) is 0 Å². The highest BCUT2D eigenvalue weighted by atomic mass is 32.1. The predicted octanol–water partition coefficient (Wildman–Crippen LogP) is 3.17. The molecule has 2 heterocycles. The van der Waals surface area contributed by atoms with Gasteiger partial charge in [0.15, 0.2) is 11.4 Å². The zero-order chi connectivity index (χ0) is 15.8. The molecule has 1 fully saturated rings. The van der Waals surface area contributed by atoms with E-state index in [0.717, 1.165) is 48.2 Å². The Morgan fingerprint density at radius 1 is 1.05 bits per heavy atom. The molecule has 0 N–H and O–H groups in total. The van der Waals surface area contributed by atoms with E-state index in [2.05, 4.69) is 51.3 Å². The first-order valence-electron chi connectivity index (χ1n) is 7.59. The summed E-state index contributed by atoms with van der Waals surface area (Å²) in [6.07, 6.45) is 0.952. The largest absolute Gasteiger partial charge is 0.346 e. The van der Waals surface area contributed by atoms with E-state index in [1.807, 2.05) is 0 Å². The van der Waals surface area contributed by atoms with Crippen LogP contribution in [0.2, 0.25) is 0 Å². The minimum Gasteiger partial charge on any atom is -0.346 e. The summed E-state index contributed by atoms with van der Waals surface area (Å²) in [5, 5.41) is 0.996. The van der Waals surface area contributed by atoms with Crippen LogP contribution in [0.5, 0.6) is 0 Å². The standard InChI is InChI=1S/C16H27N3OS/c1-15(2,3)13-12(11-20)21-14(17-13)18-7-9-19(10-8-18)16(4,5)6/h11H,7-10H2,1-6H3. The van der Waals surface area contributed by atoms with Crippen LogP contribution in [0.15, 0.2) is 0 Å². The van der Waals surface area contributed by atoms with Gasteiger partial charge in [0, 0.05) is 37.1 Å². The topological polar surface area (TPSA) is 36.4 Å². The first-order valence-corrected chi connectivity index (χ1v) is 8.41. The van der Waals surface area contributed by atoms with Gasteiger partial charge in [0.2, 0.25) is 0 Å². The molecule has 2 rings (SSSR count). The summed E-state index contributed by atoms with van der Waals surface area (Å²) in [5.41, 5.74) is 1.06. The third kappa shape index (κ3) is 3.64. The molecule has 1 aromatic heterocycles. The number of piperazine rings is 1. The molecule has 0 aliphatic carbocycles. The lowest BCUT2D eigenvalue weighted by Crippen LogP contribution is -2.53. The van der Waals surface area contributed by atoms with E-state index in [-0.39, 0.29) is 11.0 Å². The number of anilines is 1. The highest BCUT2D eigenvalue weighted by molar-refractivity contribution is 7.17. The smallest absolute Gasteiger partial charge is 0.186 e.